The minimum Gasteiger partial charge on any atom is -0.388 e. The average molecular weight is 219 g/mol. The van der Waals surface area contributed by atoms with E-state index in [9.17, 15) is 5.11 Å². The molecular formula is C14H21NO. The molecule has 88 valence electrons. The Kier molecular flexibility index (Phi) is 4.37. The fraction of sp³-hybridized carbons (Fsp3) is 0.571. The molecule has 0 spiro atoms. The SMILES string of the molecule is OC(CCNC1CCCC1)c1ccccc1. The summed E-state index contributed by atoms with van der Waals surface area (Å²) in [6.45, 7) is 0.917. The van der Waals surface area contributed by atoms with Crippen molar-refractivity contribution in [3.63, 3.8) is 0 Å². The van der Waals surface area contributed by atoms with Crippen LogP contribution >= 0.6 is 0 Å². The summed E-state index contributed by atoms with van der Waals surface area (Å²) in [6, 6.07) is 10.6. The molecular weight excluding hydrogens is 198 g/mol. The fourth-order valence-corrected chi connectivity index (χ4v) is 2.40. The molecule has 2 rings (SSSR count). The zero-order valence-electron chi connectivity index (χ0n) is 9.73. The number of hydrogen-bond donors (Lipinski definition) is 2. The summed E-state index contributed by atoms with van der Waals surface area (Å²) >= 11 is 0. The van der Waals surface area contributed by atoms with Gasteiger partial charge in [-0.25, -0.2) is 0 Å². The molecule has 0 aromatic heterocycles. The van der Waals surface area contributed by atoms with Gasteiger partial charge in [0.25, 0.3) is 0 Å². The summed E-state index contributed by atoms with van der Waals surface area (Å²) in [6.07, 6.45) is 5.82. The lowest BCUT2D eigenvalue weighted by atomic mass is 10.1. The second kappa shape index (κ2) is 6.02. The molecule has 1 aromatic rings. The molecule has 1 unspecified atom stereocenters. The van der Waals surface area contributed by atoms with Crippen LogP contribution in [0, 0.1) is 0 Å². The van der Waals surface area contributed by atoms with E-state index in [4.69, 9.17) is 0 Å². The van der Waals surface area contributed by atoms with Crippen molar-refractivity contribution in [2.75, 3.05) is 6.54 Å². The third-order valence-electron chi connectivity index (χ3n) is 3.39. The molecule has 1 fully saturated rings. The van der Waals surface area contributed by atoms with Crippen LogP contribution in [0.1, 0.15) is 43.8 Å². The number of rotatable bonds is 5. The molecule has 0 radical (unpaired) electrons. The molecule has 2 heteroatoms. The Morgan fingerprint density at radius 2 is 1.88 bits per heavy atom. The van der Waals surface area contributed by atoms with Gasteiger partial charge in [0, 0.05) is 6.04 Å². The molecule has 16 heavy (non-hydrogen) atoms. The van der Waals surface area contributed by atoms with E-state index < -0.39 is 0 Å². The van der Waals surface area contributed by atoms with Crippen LogP contribution in [0.15, 0.2) is 30.3 Å². The lowest BCUT2D eigenvalue weighted by Crippen LogP contribution is -2.27. The average Bonchev–Trinajstić information content (AvgIpc) is 2.83. The molecule has 0 saturated heterocycles. The largest absolute Gasteiger partial charge is 0.388 e. The maximum absolute atomic E-state index is 9.95. The number of aliphatic hydroxyl groups is 1. The molecule has 0 aliphatic heterocycles. The van der Waals surface area contributed by atoms with Crippen LogP contribution in [0.2, 0.25) is 0 Å². The zero-order chi connectivity index (χ0) is 11.2. The first-order valence-corrected chi connectivity index (χ1v) is 6.32. The summed E-state index contributed by atoms with van der Waals surface area (Å²) in [5.41, 5.74) is 1.02. The summed E-state index contributed by atoms with van der Waals surface area (Å²) in [5, 5.41) is 13.5. The predicted molar refractivity (Wildman–Crippen MR) is 66.3 cm³/mol. The van der Waals surface area contributed by atoms with E-state index in [2.05, 4.69) is 5.32 Å². The Hall–Kier alpha value is -0.860. The van der Waals surface area contributed by atoms with Crippen molar-refractivity contribution in [1.29, 1.82) is 0 Å². The minimum atomic E-state index is -0.324. The van der Waals surface area contributed by atoms with Crippen molar-refractivity contribution in [2.45, 2.75) is 44.2 Å². The molecule has 1 saturated carbocycles. The van der Waals surface area contributed by atoms with Gasteiger partial charge in [-0.05, 0) is 31.4 Å². The molecule has 0 heterocycles. The third kappa shape index (κ3) is 3.32. The molecule has 1 atom stereocenters. The van der Waals surface area contributed by atoms with Crippen LogP contribution < -0.4 is 5.32 Å². The van der Waals surface area contributed by atoms with Crippen LogP contribution in [-0.2, 0) is 0 Å². The summed E-state index contributed by atoms with van der Waals surface area (Å²) in [5.74, 6) is 0. The standard InChI is InChI=1S/C14H21NO/c16-14(12-6-2-1-3-7-12)10-11-15-13-8-4-5-9-13/h1-3,6-7,13-16H,4-5,8-11H2. The number of aliphatic hydroxyl groups excluding tert-OH is 1. The van der Waals surface area contributed by atoms with Crippen LogP contribution in [0.5, 0.6) is 0 Å². The Morgan fingerprint density at radius 3 is 2.56 bits per heavy atom. The van der Waals surface area contributed by atoms with E-state index in [1.54, 1.807) is 0 Å². The highest BCUT2D eigenvalue weighted by atomic mass is 16.3. The van der Waals surface area contributed by atoms with E-state index >= 15 is 0 Å². The monoisotopic (exact) mass is 219 g/mol. The van der Waals surface area contributed by atoms with Gasteiger partial charge in [-0.1, -0.05) is 43.2 Å². The predicted octanol–water partition coefficient (Wildman–Crippen LogP) is 2.64. The first-order chi connectivity index (χ1) is 7.86. The van der Waals surface area contributed by atoms with Crippen LogP contribution in [0.3, 0.4) is 0 Å². The Bertz CT molecular complexity index is 293. The van der Waals surface area contributed by atoms with E-state index in [1.807, 2.05) is 30.3 Å². The van der Waals surface area contributed by atoms with Gasteiger partial charge in [0.2, 0.25) is 0 Å². The second-order valence-corrected chi connectivity index (χ2v) is 4.65. The Balaban J connectivity index is 1.69. The van der Waals surface area contributed by atoms with Gasteiger partial charge in [-0.15, -0.1) is 0 Å². The maximum atomic E-state index is 9.95. The van der Waals surface area contributed by atoms with Gasteiger partial charge < -0.3 is 10.4 Å². The molecule has 2 nitrogen and oxygen atoms in total. The number of hydrogen-bond acceptors (Lipinski definition) is 2. The Labute approximate surface area is 97.7 Å². The topological polar surface area (TPSA) is 32.3 Å². The summed E-state index contributed by atoms with van der Waals surface area (Å²) in [7, 11) is 0. The van der Waals surface area contributed by atoms with Crippen molar-refractivity contribution < 1.29 is 5.11 Å². The van der Waals surface area contributed by atoms with Crippen molar-refractivity contribution in [3.8, 4) is 0 Å². The first-order valence-electron chi connectivity index (χ1n) is 6.32. The van der Waals surface area contributed by atoms with Gasteiger partial charge in [0.1, 0.15) is 0 Å². The normalized spacial score (nSPS) is 18.8. The van der Waals surface area contributed by atoms with Gasteiger partial charge in [-0.2, -0.15) is 0 Å². The van der Waals surface area contributed by atoms with Crippen LogP contribution in [-0.4, -0.2) is 17.7 Å². The summed E-state index contributed by atoms with van der Waals surface area (Å²) in [4.78, 5) is 0. The van der Waals surface area contributed by atoms with Gasteiger partial charge in [-0.3, -0.25) is 0 Å². The molecule has 1 aromatic carbocycles. The van der Waals surface area contributed by atoms with E-state index in [0.29, 0.717) is 6.04 Å². The molecule has 1 aliphatic rings. The fourth-order valence-electron chi connectivity index (χ4n) is 2.40. The van der Waals surface area contributed by atoms with Crippen molar-refractivity contribution in [2.24, 2.45) is 0 Å². The molecule has 0 amide bonds. The van der Waals surface area contributed by atoms with Crippen molar-refractivity contribution >= 4 is 0 Å². The van der Waals surface area contributed by atoms with Gasteiger partial charge in [0.15, 0.2) is 0 Å². The molecule has 0 bridgehead atoms. The van der Waals surface area contributed by atoms with Gasteiger partial charge in [0.05, 0.1) is 6.10 Å². The third-order valence-corrected chi connectivity index (χ3v) is 3.39. The lowest BCUT2D eigenvalue weighted by Gasteiger charge is -2.14. The quantitative estimate of drug-likeness (QED) is 0.798. The van der Waals surface area contributed by atoms with Gasteiger partial charge >= 0.3 is 0 Å². The maximum Gasteiger partial charge on any atom is 0.0802 e. The highest BCUT2D eigenvalue weighted by Crippen LogP contribution is 2.19. The highest BCUT2D eigenvalue weighted by Gasteiger charge is 2.14. The minimum absolute atomic E-state index is 0.324. The smallest absolute Gasteiger partial charge is 0.0802 e. The number of nitrogens with one attached hydrogen (secondary N) is 1. The highest BCUT2D eigenvalue weighted by molar-refractivity contribution is 5.17. The number of benzene rings is 1. The first kappa shape index (κ1) is 11.6. The zero-order valence-corrected chi connectivity index (χ0v) is 9.73. The van der Waals surface area contributed by atoms with Crippen molar-refractivity contribution in [3.05, 3.63) is 35.9 Å². The van der Waals surface area contributed by atoms with E-state index in [-0.39, 0.29) is 6.10 Å². The molecule has 2 N–H and O–H groups in total. The van der Waals surface area contributed by atoms with E-state index in [1.165, 1.54) is 25.7 Å². The second-order valence-electron chi connectivity index (χ2n) is 4.65. The van der Waals surface area contributed by atoms with Crippen LogP contribution in [0.25, 0.3) is 0 Å². The molecule has 1 aliphatic carbocycles. The van der Waals surface area contributed by atoms with Crippen molar-refractivity contribution in [1.82, 2.24) is 5.32 Å². The summed E-state index contributed by atoms with van der Waals surface area (Å²) < 4.78 is 0. The Morgan fingerprint density at radius 1 is 1.19 bits per heavy atom. The van der Waals surface area contributed by atoms with Crippen LogP contribution in [0.4, 0.5) is 0 Å². The van der Waals surface area contributed by atoms with E-state index in [0.717, 1.165) is 18.5 Å². The lowest BCUT2D eigenvalue weighted by molar-refractivity contribution is 0.165.